The number of nitrogens with zero attached hydrogens (tertiary/aromatic N) is 2. The van der Waals surface area contributed by atoms with Crippen molar-refractivity contribution in [2.45, 2.75) is 44.8 Å². The van der Waals surface area contributed by atoms with Crippen molar-refractivity contribution in [2.75, 3.05) is 6.54 Å². The maximum atomic E-state index is 12.1. The number of rotatable bonds is 7. The molecule has 6 heteroatoms. The average molecular weight is 263 g/mol. The Balaban J connectivity index is 2.51. The molecule has 0 saturated heterocycles. The van der Waals surface area contributed by atoms with Crippen LogP contribution >= 0.6 is 0 Å². The van der Waals surface area contributed by atoms with Crippen LogP contribution in [0.15, 0.2) is 12.3 Å². The highest BCUT2D eigenvalue weighted by Crippen LogP contribution is 2.25. The maximum absolute atomic E-state index is 12.1. The number of hydrogen-bond donors (Lipinski definition) is 1. The molecule has 18 heavy (non-hydrogen) atoms. The lowest BCUT2D eigenvalue weighted by atomic mass is 10.1. The Morgan fingerprint density at radius 2 is 2.17 bits per heavy atom. The third-order valence-electron chi connectivity index (χ3n) is 2.69. The summed E-state index contributed by atoms with van der Waals surface area (Å²) in [6.45, 7) is 2.81. The van der Waals surface area contributed by atoms with Crippen LogP contribution < -0.4 is 5.32 Å². The fourth-order valence-corrected chi connectivity index (χ4v) is 1.80. The molecule has 104 valence electrons. The highest BCUT2D eigenvalue weighted by molar-refractivity contribution is 5.05. The van der Waals surface area contributed by atoms with Gasteiger partial charge in [0.05, 0.1) is 11.7 Å². The Bertz CT molecular complexity index is 347. The standard InChI is InChI=1S/C12H20F3N3/c1-3-8-16-10(5-4-7-12(13,14)15)11-6-9-18(2)17-11/h6,9-10,16H,3-5,7-8H2,1-2H3. The van der Waals surface area contributed by atoms with Crippen LogP contribution in [0.25, 0.3) is 0 Å². The van der Waals surface area contributed by atoms with Gasteiger partial charge in [-0.1, -0.05) is 6.92 Å². The van der Waals surface area contributed by atoms with Gasteiger partial charge in [-0.15, -0.1) is 0 Å². The second-order valence-corrected chi connectivity index (χ2v) is 4.43. The summed E-state index contributed by atoms with van der Waals surface area (Å²) in [5, 5.41) is 7.49. The smallest absolute Gasteiger partial charge is 0.309 e. The quantitative estimate of drug-likeness (QED) is 0.818. The van der Waals surface area contributed by atoms with Gasteiger partial charge in [0.2, 0.25) is 0 Å². The molecular formula is C12H20F3N3. The number of aromatic nitrogens is 2. The van der Waals surface area contributed by atoms with E-state index < -0.39 is 12.6 Å². The molecule has 0 saturated carbocycles. The Hall–Kier alpha value is -1.04. The van der Waals surface area contributed by atoms with Gasteiger partial charge >= 0.3 is 6.18 Å². The van der Waals surface area contributed by atoms with Crippen molar-refractivity contribution < 1.29 is 13.2 Å². The summed E-state index contributed by atoms with van der Waals surface area (Å²) < 4.78 is 38.0. The van der Waals surface area contributed by atoms with E-state index in [4.69, 9.17) is 0 Å². The number of halogens is 3. The minimum absolute atomic E-state index is 0.0894. The summed E-state index contributed by atoms with van der Waals surface area (Å²) in [7, 11) is 1.80. The SMILES string of the molecule is CCCNC(CCCC(F)(F)F)c1ccn(C)n1. The van der Waals surface area contributed by atoms with Crippen LogP contribution in [-0.2, 0) is 7.05 Å². The molecule has 0 aliphatic carbocycles. The van der Waals surface area contributed by atoms with Gasteiger partial charge < -0.3 is 5.32 Å². The van der Waals surface area contributed by atoms with Crippen LogP contribution in [0.3, 0.4) is 0 Å². The van der Waals surface area contributed by atoms with Gasteiger partial charge in [-0.05, 0) is 31.9 Å². The molecule has 1 N–H and O–H groups in total. The summed E-state index contributed by atoms with van der Waals surface area (Å²) in [5.74, 6) is 0. The summed E-state index contributed by atoms with van der Waals surface area (Å²) in [6, 6.07) is 1.76. The van der Waals surface area contributed by atoms with Crippen molar-refractivity contribution in [3.8, 4) is 0 Å². The summed E-state index contributed by atoms with van der Waals surface area (Å²) in [6.07, 6.45) is -1.47. The Labute approximate surface area is 105 Å². The topological polar surface area (TPSA) is 29.9 Å². The Morgan fingerprint density at radius 1 is 1.44 bits per heavy atom. The first-order chi connectivity index (χ1) is 8.42. The highest BCUT2D eigenvalue weighted by Gasteiger charge is 2.27. The number of nitrogens with one attached hydrogen (secondary N) is 1. The van der Waals surface area contributed by atoms with E-state index in [9.17, 15) is 13.2 Å². The summed E-state index contributed by atoms with van der Waals surface area (Å²) in [4.78, 5) is 0. The van der Waals surface area contributed by atoms with E-state index in [1.165, 1.54) is 0 Å². The van der Waals surface area contributed by atoms with Crippen LogP contribution in [-0.4, -0.2) is 22.5 Å². The molecule has 0 bridgehead atoms. The molecule has 1 unspecified atom stereocenters. The van der Waals surface area contributed by atoms with E-state index >= 15 is 0 Å². The molecule has 0 aromatic carbocycles. The van der Waals surface area contributed by atoms with Gasteiger partial charge in [-0.2, -0.15) is 18.3 Å². The van der Waals surface area contributed by atoms with Gasteiger partial charge in [0, 0.05) is 19.7 Å². The fourth-order valence-electron chi connectivity index (χ4n) is 1.80. The minimum Gasteiger partial charge on any atom is -0.309 e. The molecule has 1 heterocycles. The van der Waals surface area contributed by atoms with Crippen molar-refractivity contribution in [1.82, 2.24) is 15.1 Å². The molecule has 1 rings (SSSR count). The lowest BCUT2D eigenvalue weighted by Gasteiger charge is -2.16. The van der Waals surface area contributed by atoms with Crippen molar-refractivity contribution in [3.05, 3.63) is 18.0 Å². The molecular weight excluding hydrogens is 243 g/mol. The zero-order chi connectivity index (χ0) is 13.6. The fraction of sp³-hybridized carbons (Fsp3) is 0.750. The average Bonchev–Trinajstić information content (AvgIpc) is 2.68. The van der Waals surface area contributed by atoms with E-state index in [1.54, 1.807) is 17.9 Å². The zero-order valence-corrected chi connectivity index (χ0v) is 10.8. The van der Waals surface area contributed by atoms with Gasteiger partial charge in [0.1, 0.15) is 0 Å². The third kappa shape index (κ3) is 5.53. The lowest BCUT2D eigenvalue weighted by Crippen LogP contribution is -2.23. The minimum atomic E-state index is -4.07. The van der Waals surface area contributed by atoms with Gasteiger partial charge in [-0.3, -0.25) is 4.68 Å². The van der Waals surface area contributed by atoms with Crippen molar-refractivity contribution in [2.24, 2.45) is 7.05 Å². The van der Waals surface area contributed by atoms with E-state index in [2.05, 4.69) is 10.4 Å². The van der Waals surface area contributed by atoms with Crippen molar-refractivity contribution in [3.63, 3.8) is 0 Å². The van der Waals surface area contributed by atoms with Crippen LogP contribution in [0.2, 0.25) is 0 Å². The Kier molecular flexibility index (Phi) is 5.65. The molecule has 0 fully saturated rings. The molecule has 0 aliphatic heterocycles. The first-order valence-corrected chi connectivity index (χ1v) is 6.22. The second kappa shape index (κ2) is 6.78. The van der Waals surface area contributed by atoms with E-state index in [-0.39, 0.29) is 12.5 Å². The molecule has 0 radical (unpaired) electrons. The van der Waals surface area contributed by atoms with Crippen LogP contribution in [0.4, 0.5) is 13.2 Å². The monoisotopic (exact) mass is 263 g/mol. The Morgan fingerprint density at radius 3 is 2.67 bits per heavy atom. The first kappa shape index (κ1) is 15.0. The third-order valence-corrected chi connectivity index (χ3v) is 2.69. The summed E-state index contributed by atoms with van der Waals surface area (Å²) in [5.41, 5.74) is 0.813. The normalized spacial score (nSPS) is 13.8. The zero-order valence-electron chi connectivity index (χ0n) is 10.8. The molecule has 1 atom stereocenters. The molecule has 1 aromatic heterocycles. The highest BCUT2D eigenvalue weighted by atomic mass is 19.4. The van der Waals surface area contributed by atoms with Crippen molar-refractivity contribution in [1.29, 1.82) is 0 Å². The van der Waals surface area contributed by atoms with Crippen LogP contribution in [0.5, 0.6) is 0 Å². The van der Waals surface area contributed by atoms with E-state index in [1.807, 2.05) is 13.0 Å². The molecule has 0 spiro atoms. The van der Waals surface area contributed by atoms with Crippen molar-refractivity contribution >= 4 is 0 Å². The van der Waals surface area contributed by atoms with Crippen LogP contribution in [0.1, 0.15) is 44.3 Å². The maximum Gasteiger partial charge on any atom is 0.389 e. The van der Waals surface area contributed by atoms with Gasteiger partial charge in [-0.25, -0.2) is 0 Å². The lowest BCUT2D eigenvalue weighted by molar-refractivity contribution is -0.135. The molecule has 0 aliphatic rings. The second-order valence-electron chi connectivity index (χ2n) is 4.43. The van der Waals surface area contributed by atoms with Gasteiger partial charge in [0.25, 0.3) is 0 Å². The van der Waals surface area contributed by atoms with E-state index in [0.29, 0.717) is 6.42 Å². The largest absolute Gasteiger partial charge is 0.389 e. The predicted octanol–water partition coefficient (Wildman–Crippen LogP) is 3.19. The summed E-state index contributed by atoms with van der Waals surface area (Å²) >= 11 is 0. The number of aryl methyl sites for hydroxylation is 1. The van der Waals surface area contributed by atoms with E-state index in [0.717, 1.165) is 18.7 Å². The predicted molar refractivity (Wildman–Crippen MR) is 64.1 cm³/mol. The number of hydrogen-bond acceptors (Lipinski definition) is 2. The number of alkyl halides is 3. The van der Waals surface area contributed by atoms with Crippen LogP contribution in [0, 0.1) is 0 Å². The molecule has 0 amide bonds. The molecule has 3 nitrogen and oxygen atoms in total. The molecule has 1 aromatic rings. The first-order valence-electron chi connectivity index (χ1n) is 6.22. The van der Waals surface area contributed by atoms with Gasteiger partial charge in [0.15, 0.2) is 0 Å².